The first kappa shape index (κ1) is 16.6. The summed E-state index contributed by atoms with van der Waals surface area (Å²) in [6.45, 7) is 2.08. The Kier molecular flexibility index (Phi) is 4.05. The predicted molar refractivity (Wildman–Crippen MR) is 81.7 cm³/mol. The van der Waals surface area contributed by atoms with Crippen LogP contribution in [0.4, 0.5) is 13.2 Å². The van der Waals surface area contributed by atoms with Gasteiger partial charge in [-0.15, -0.1) is 0 Å². The Bertz CT molecular complexity index is 749. The third-order valence-corrected chi connectivity index (χ3v) is 4.85. The van der Waals surface area contributed by atoms with Gasteiger partial charge in [-0.3, -0.25) is 4.90 Å². The highest BCUT2D eigenvalue weighted by atomic mass is 19.4. The number of alkyl halides is 3. The van der Waals surface area contributed by atoms with Gasteiger partial charge >= 0.3 is 6.18 Å². The predicted octanol–water partition coefficient (Wildman–Crippen LogP) is 3.08. The summed E-state index contributed by atoms with van der Waals surface area (Å²) in [6, 6.07) is 0. The lowest BCUT2D eigenvalue weighted by atomic mass is 9.97. The van der Waals surface area contributed by atoms with Gasteiger partial charge in [0.15, 0.2) is 11.5 Å². The fourth-order valence-corrected chi connectivity index (χ4v) is 3.43. The first-order valence-electron chi connectivity index (χ1n) is 8.55. The molecule has 2 aromatic heterocycles. The Morgan fingerprint density at radius 2 is 2.00 bits per heavy atom. The fourth-order valence-electron chi connectivity index (χ4n) is 3.43. The van der Waals surface area contributed by atoms with Crippen LogP contribution < -0.4 is 0 Å². The smallest absolute Gasteiger partial charge is 0.339 e. The number of hydrogen-bond acceptors (Lipinski definition) is 5. The lowest BCUT2D eigenvalue weighted by Gasteiger charge is -2.31. The van der Waals surface area contributed by atoms with Crippen LogP contribution in [-0.4, -0.2) is 37.7 Å². The SMILES string of the molecule is Cn1cc(C(F)(F)F)nc1C1CCCN(Cc2noc(C3CC3)n2)C1. The molecule has 1 saturated carbocycles. The summed E-state index contributed by atoms with van der Waals surface area (Å²) in [6.07, 6.45) is 0.607. The van der Waals surface area contributed by atoms with Crippen LogP contribution in [0.2, 0.25) is 0 Å². The highest BCUT2D eigenvalue weighted by Gasteiger charge is 2.36. The number of likely N-dealkylation sites (tertiary alicyclic amines) is 1. The van der Waals surface area contributed by atoms with Gasteiger partial charge in [-0.05, 0) is 32.2 Å². The van der Waals surface area contributed by atoms with Gasteiger partial charge in [-0.1, -0.05) is 5.16 Å². The molecular formula is C16H20F3N5O. The molecule has 0 spiro atoms. The molecule has 1 aliphatic heterocycles. The zero-order valence-corrected chi connectivity index (χ0v) is 14.0. The van der Waals surface area contributed by atoms with Crippen LogP contribution in [-0.2, 0) is 19.8 Å². The van der Waals surface area contributed by atoms with Gasteiger partial charge in [0.25, 0.3) is 0 Å². The molecule has 25 heavy (non-hydrogen) atoms. The lowest BCUT2D eigenvalue weighted by molar-refractivity contribution is -0.141. The largest absolute Gasteiger partial charge is 0.434 e. The van der Waals surface area contributed by atoms with Crippen molar-refractivity contribution >= 4 is 0 Å². The van der Waals surface area contributed by atoms with Crippen molar-refractivity contribution in [2.24, 2.45) is 7.05 Å². The second-order valence-electron chi connectivity index (χ2n) is 6.99. The number of aromatic nitrogens is 4. The minimum Gasteiger partial charge on any atom is -0.339 e. The standard InChI is InChI=1S/C16H20F3N5O/c1-23-8-12(16(17,18)19)20-14(23)11-3-2-6-24(7-11)9-13-21-15(25-22-13)10-4-5-10/h8,10-11H,2-7,9H2,1H3. The average molecular weight is 355 g/mol. The molecular weight excluding hydrogens is 335 g/mol. The molecule has 0 bridgehead atoms. The van der Waals surface area contributed by atoms with E-state index in [1.54, 1.807) is 7.05 Å². The number of nitrogens with zero attached hydrogens (tertiary/aromatic N) is 5. The number of aryl methyl sites for hydroxylation is 1. The molecule has 1 unspecified atom stereocenters. The minimum absolute atomic E-state index is 0.0235. The maximum atomic E-state index is 12.9. The quantitative estimate of drug-likeness (QED) is 0.844. The van der Waals surface area contributed by atoms with Gasteiger partial charge in [-0.25, -0.2) is 4.98 Å². The number of rotatable bonds is 4. The molecule has 2 aromatic rings. The highest BCUT2D eigenvalue weighted by Crippen LogP contribution is 2.39. The molecule has 0 N–H and O–H groups in total. The summed E-state index contributed by atoms with van der Waals surface area (Å²) < 4.78 is 45.4. The van der Waals surface area contributed by atoms with Crippen LogP contribution in [0, 0.1) is 0 Å². The second-order valence-corrected chi connectivity index (χ2v) is 6.99. The summed E-state index contributed by atoms with van der Waals surface area (Å²) in [5.74, 6) is 2.25. The van der Waals surface area contributed by atoms with Gasteiger partial charge in [0.05, 0.1) is 6.54 Å². The Balaban J connectivity index is 1.44. The third kappa shape index (κ3) is 3.56. The van der Waals surface area contributed by atoms with Crippen molar-refractivity contribution < 1.29 is 17.7 Å². The molecule has 1 atom stereocenters. The van der Waals surface area contributed by atoms with E-state index in [4.69, 9.17) is 4.52 Å². The summed E-state index contributed by atoms with van der Waals surface area (Å²) >= 11 is 0. The van der Waals surface area contributed by atoms with Crippen molar-refractivity contribution in [3.63, 3.8) is 0 Å². The van der Waals surface area contributed by atoms with Gasteiger partial charge in [0, 0.05) is 31.6 Å². The number of piperidine rings is 1. The summed E-state index contributed by atoms with van der Waals surface area (Å²) in [4.78, 5) is 10.4. The molecule has 2 aliphatic rings. The molecule has 4 rings (SSSR count). The van der Waals surface area contributed by atoms with Crippen molar-refractivity contribution in [3.05, 3.63) is 29.4 Å². The van der Waals surface area contributed by atoms with Crippen LogP contribution in [0.25, 0.3) is 0 Å². The first-order valence-corrected chi connectivity index (χ1v) is 8.55. The summed E-state index contributed by atoms with van der Waals surface area (Å²) in [5, 5.41) is 4.03. The van der Waals surface area contributed by atoms with Crippen molar-refractivity contribution in [2.45, 2.75) is 50.2 Å². The zero-order valence-electron chi connectivity index (χ0n) is 14.0. The maximum absolute atomic E-state index is 12.9. The molecule has 1 aliphatic carbocycles. The van der Waals surface area contributed by atoms with Crippen LogP contribution in [0.1, 0.15) is 60.8 Å². The van der Waals surface area contributed by atoms with E-state index in [1.165, 1.54) is 4.57 Å². The monoisotopic (exact) mass is 355 g/mol. The van der Waals surface area contributed by atoms with Crippen LogP contribution >= 0.6 is 0 Å². The van der Waals surface area contributed by atoms with E-state index < -0.39 is 11.9 Å². The van der Waals surface area contributed by atoms with Gasteiger partial charge in [0.1, 0.15) is 5.82 Å². The Labute approximate surface area is 143 Å². The summed E-state index contributed by atoms with van der Waals surface area (Å²) in [5.41, 5.74) is -0.825. The molecule has 9 heteroatoms. The fraction of sp³-hybridized carbons (Fsp3) is 0.688. The second kappa shape index (κ2) is 6.12. The van der Waals surface area contributed by atoms with Gasteiger partial charge in [-0.2, -0.15) is 18.2 Å². The molecule has 1 saturated heterocycles. The lowest BCUT2D eigenvalue weighted by Crippen LogP contribution is -2.35. The molecule has 3 heterocycles. The normalized spacial score (nSPS) is 22.5. The topological polar surface area (TPSA) is 60.0 Å². The summed E-state index contributed by atoms with van der Waals surface area (Å²) in [7, 11) is 1.62. The molecule has 0 radical (unpaired) electrons. The van der Waals surface area contributed by atoms with Crippen molar-refractivity contribution in [3.8, 4) is 0 Å². The van der Waals surface area contributed by atoms with E-state index in [0.29, 0.717) is 36.5 Å². The Morgan fingerprint density at radius 1 is 1.20 bits per heavy atom. The maximum Gasteiger partial charge on any atom is 0.434 e. The third-order valence-electron chi connectivity index (χ3n) is 4.85. The molecule has 6 nitrogen and oxygen atoms in total. The Morgan fingerprint density at radius 3 is 2.68 bits per heavy atom. The molecule has 136 valence electrons. The van der Waals surface area contributed by atoms with Gasteiger partial charge < -0.3 is 9.09 Å². The van der Waals surface area contributed by atoms with Crippen molar-refractivity contribution in [1.82, 2.24) is 24.6 Å². The van der Waals surface area contributed by atoms with Crippen molar-refractivity contribution in [2.75, 3.05) is 13.1 Å². The van der Waals surface area contributed by atoms with E-state index in [-0.39, 0.29) is 5.92 Å². The van der Waals surface area contributed by atoms with E-state index in [1.807, 2.05) is 0 Å². The molecule has 2 fully saturated rings. The van der Waals surface area contributed by atoms with E-state index in [2.05, 4.69) is 20.0 Å². The molecule has 0 amide bonds. The van der Waals surface area contributed by atoms with Gasteiger partial charge in [0.2, 0.25) is 5.89 Å². The number of hydrogen-bond donors (Lipinski definition) is 0. The first-order chi connectivity index (χ1) is 11.9. The number of imidazole rings is 1. The highest BCUT2D eigenvalue weighted by molar-refractivity contribution is 5.12. The van der Waals surface area contributed by atoms with Crippen LogP contribution in [0.15, 0.2) is 10.7 Å². The van der Waals surface area contributed by atoms with E-state index in [9.17, 15) is 13.2 Å². The zero-order chi connectivity index (χ0) is 17.6. The minimum atomic E-state index is -4.41. The molecule has 0 aromatic carbocycles. The average Bonchev–Trinajstić information content (AvgIpc) is 3.17. The van der Waals surface area contributed by atoms with Crippen LogP contribution in [0.5, 0.6) is 0 Å². The van der Waals surface area contributed by atoms with E-state index in [0.717, 1.165) is 38.4 Å². The van der Waals surface area contributed by atoms with Crippen LogP contribution in [0.3, 0.4) is 0 Å². The van der Waals surface area contributed by atoms with E-state index >= 15 is 0 Å². The number of halogens is 3. The Hall–Kier alpha value is -1.90. The van der Waals surface area contributed by atoms with Crippen molar-refractivity contribution in [1.29, 1.82) is 0 Å².